The number of amides is 1. The summed E-state index contributed by atoms with van der Waals surface area (Å²) in [5.41, 5.74) is 2.11. The van der Waals surface area contributed by atoms with E-state index in [2.05, 4.69) is 10.2 Å². The van der Waals surface area contributed by atoms with Gasteiger partial charge in [0, 0.05) is 38.3 Å². The Hall–Kier alpha value is -2.94. The summed E-state index contributed by atoms with van der Waals surface area (Å²) in [7, 11) is 0. The molecule has 1 N–H and O–H groups in total. The van der Waals surface area contributed by atoms with Gasteiger partial charge in [0.05, 0.1) is 29.9 Å². The average Bonchev–Trinajstić information content (AvgIpc) is 2.75. The van der Waals surface area contributed by atoms with E-state index in [-0.39, 0.29) is 12.3 Å². The molecule has 0 spiro atoms. The monoisotopic (exact) mass is 402 g/mol. The third-order valence-corrected chi connectivity index (χ3v) is 5.07. The minimum absolute atomic E-state index is 0.0232. The van der Waals surface area contributed by atoms with E-state index in [1.807, 2.05) is 18.2 Å². The van der Waals surface area contributed by atoms with Crippen molar-refractivity contribution in [1.29, 1.82) is 0 Å². The van der Waals surface area contributed by atoms with Crippen molar-refractivity contribution in [2.75, 3.05) is 49.3 Å². The molecule has 0 aliphatic carbocycles. The van der Waals surface area contributed by atoms with Gasteiger partial charge >= 0.3 is 5.97 Å². The van der Waals surface area contributed by atoms with Crippen LogP contribution in [0.3, 0.4) is 0 Å². The van der Waals surface area contributed by atoms with Gasteiger partial charge in [-0.3, -0.25) is 9.59 Å². The Kier molecular flexibility index (Phi) is 7.18. The quantitative estimate of drug-likeness (QED) is 0.384. The largest absolute Gasteiger partial charge is 0.481 e. The Morgan fingerprint density at radius 2 is 1.86 bits per heavy atom. The van der Waals surface area contributed by atoms with Crippen LogP contribution in [-0.2, 0) is 14.3 Å². The van der Waals surface area contributed by atoms with Gasteiger partial charge in [-0.25, -0.2) is 5.01 Å². The van der Waals surface area contributed by atoms with Crippen LogP contribution in [-0.4, -0.2) is 61.3 Å². The molecule has 1 saturated heterocycles. The van der Waals surface area contributed by atoms with Crippen molar-refractivity contribution in [3.05, 3.63) is 40.9 Å². The molecule has 0 bridgehead atoms. The molecule has 1 amide bonds. The molecular formula is C20H26N4O5. The van der Waals surface area contributed by atoms with E-state index in [0.717, 1.165) is 17.8 Å². The molecule has 1 fully saturated rings. The first kappa shape index (κ1) is 20.8. The summed E-state index contributed by atoms with van der Waals surface area (Å²) in [6.45, 7) is 3.64. The Labute approximate surface area is 169 Å². The molecule has 3 rings (SSSR count). The lowest BCUT2D eigenvalue weighted by atomic mass is 10.1. The maximum Gasteiger partial charge on any atom is 0.303 e. The summed E-state index contributed by atoms with van der Waals surface area (Å²) in [4.78, 5) is 38.5. The first-order chi connectivity index (χ1) is 14.1. The number of nitrogens with zero attached hydrogens (tertiary/aromatic N) is 4. The number of carbonyl (C=O) groups excluding carboxylic acids is 1. The minimum Gasteiger partial charge on any atom is -0.481 e. The highest BCUT2D eigenvalue weighted by molar-refractivity contribution is 6.06. The zero-order chi connectivity index (χ0) is 20.6. The molecule has 156 valence electrons. The van der Waals surface area contributed by atoms with Crippen LogP contribution in [0.2, 0.25) is 0 Å². The number of aliphatic carboxylic acids is 1. The summed E-state index contributed by atoms with van der Waals surface area (Å²) in [5.74, 6) is -0.874. The van der Waals surface area contributed by atoms with E-state index in [4.69, 9.17) is 9.84 Å². The summed E-state index contributed by atoms with van der Waals surface area (Å²) in [6.07, 6.45) is 3.89. The molecule has 2 aliphatic rings. The predicted octanol–water partition coefficient (Wildman–Crippen LogP) is 2.38. The number of anilines is 2. The van der Waals surface area contributed by atoms with Crippen LogP contribution < -0.4 is 9.91 Å². The Balaban J connectivity index is 1.63. The lowest BCUT2D eigenvalue weighted by Gasteiger charge is -2.35. The normalized spacial score (nSPS) is 17.1. The molecule has 0 atom stereocenters. The van der Waals surface area contributed by atoms with Crippen LogP contribution in [0.1, 0.15) is 25.7 Å². The van der Waals surface area contributed by atoms with Gasteiger partial charge in [0.2, 0.25) is 0 Å². The van der Waals surface area contributed by atoms with E-state index >= 15 is 0 Å². The molecule has 9 nitrogen and oxygen atoms in total. The third-order valence-electron chi connectivity index (χ3n) is 5.07. The number of ether oxygens (including phenoxy) is 1. The standard InChI is InChI=1S/C20H26N4O5/c25-19(26)5-1-2-11-24(21-28)17-8-6-16(7-9-17)23-10-3-4-18(20(23)27)22-12-14-29-15-13-22/h4,6-9H,1-3,5,10-15H2,(H,25,26). The van der Waals surface area contributed by atoms with Crippen LogP contribution in [0, 0.1) is 4.91 Å². The minimum atomic E-state index is -0.850. The van der Waals surface area contributed by atoms with E-state index in [9.17, 15) is 14.5 Å². The number of carboxylic acid groups (broad SMARTS) is 1. The van der Waals surface area contributed by atoms with Gasteiger partial charge in [0.1, 0.15) is 0 Å². The van der Waals surface area contributed by atoms with Crippen LogP contribution in [0.5, 0.6) is 0 Å². The van der Waals surface area contributed by atoms with Gasteiger partial charge in [0.25, 0.3) is 5.91 Å². The Bertz CT molecular complexity index is 759. The average molecular weight is 402 g/mol. The molecule has 0 unspecified atom stereocenters. The summed E-state index contributed by atoms with van der Waals surface area (Å²) < 4.78 is 5.37. The van der Waals surface area contributed by atoms with Gasteiger partial charge in [-0.1, -0.05) is 6.08 Å². The summed E-state index contributed by atoms with van der Waals surface area (Å²) >= 11 is 0. The number of nitroso groups, excluding NO2 is 1. The highest BCUT2D eigenvalue weighted by atomic mass is 16.5. The number of hydrogen-bond acceptors (Lipinski definition) is 6. The SMILES string of the molecule is O=NN(CCCCC(=O)O)c1ccc(N2CCC=C(N3CCOCC3)C2=O)cc1. The molecule has 2 heterocycles. The van der Waals surface area contributed by atoms with E-state index in [1.54, 1.807) is 17.0 Å². The molecule has 1 aromatic rings. The predicted molar refractivity (Wildman–Crippen MR) is 109 cm³/mol. The molecule has 0 aromatic heterocycles. The number of carboxylic acids is 1. The highest BCUT2D eigenvalue weighted by Crippen LogP contribution is 2.26. The number of benzene rings is 1. The molecule has 29 heavy (non-hydrogen) atoms. The number of unbranched alkanes of at least 4 members (excludes halogenated alkanes) is 1. The Morgan fingerprint density at radius 3 is 2.52 bits per heavy atom. The maximum absolute atomic E-state index is 13.0. The number of carbonyl (C=O) groups is 2. The first-order valence-electron chi connectivity index (χ1n) is 9.87. The topological polar surface area (TPSA) is 103 Å². The molecular weight excluding hydrogens is 376 g/mol. The van der Waals surface area contributed by atoms with Gasteiger partial charge in [-0.2, -0.15) is 0 Å². The lowest BCUT2D eigenvalue weighted by molar-refractivity contribution is -0.137. The zero-order valence-corrected chi connectivity index (χ0v) is 16.3. The second-order valence-corrected chi connectivity index (χ2v) is 7.01. The number of rotatable bonds is 9. The summed E-state index contributed by atoms with van der Waals surface area (Å²) in [5, 5.41) is 13.0. The van der Waals surface area contributed by atoms with Crippen LogP contribution >= 0.6 is 0 Å². The van der Waals surface area contributed by atoms with Crippen molar-refractivity contribution in [2.24, 2.45) is 5.29 Å². The van der Waals surface area contributed by atoms with Crippen molar-refractivity contribution in [3.8, 4) is 0 Å². The molecule has 0 radical (unpaired) electrons. The first-order valence-corrected chi connectivity index (χ1v) is 9.87. The fraction of sp³-hybridized carbons (Fsp3) is 0.500. The van der Waals surface area contributed by atoms with Gasteiger partial charge < -0.3 is 19.6 Å². The second-order valence-electron chi connectivity index (χ2n) is 7.01. The van der Waals surface area contributed by atoms with Gasteiger partial charge in [-0.05, 0) is 43.5 Å². The van der Waals surface area contributed by atoms with Crippen molar-refractivity contribution >= 4 is 23.3 Å². The Morgan fingerprint density at radius 1 is 1.14 bits per heavy atom. The van der Waals surface area contributed by atoms with E-state index in [0.29, 0.717) is 57.9 Å². The second kappa shape index (κ2) is 10.0. The van der Waals surface area contributed by atoms with Crippen molar-refractivity contribution < 1.29 is 19.4 Å². The number of morpholine rings is 1. The van der Waals surface area contributed by atoms with Crippen molar-refractivity contribution in [3.63, 3.8) is 0 Å². The van der Waals surface area contributed by atoms with Gasteiger partial charge in [-0.15, -0.1) is 4.91 Å². The molecule has 9 heteroatoms. The zero-order valence-electron chi connectivity index (χ0n) is 16.3. The smallest absolute Gasteiger partial charge is 0.303 e. The van der Waals surface area contributed by atoms with Crippen molar-refractivity contribution in [1.82, 2.24) is 4.90 Å². The van der Waals surface area contributed by atoms with E-state index < -0.39 is 5.97 Å². The fourth-order valence-corrected chi connectivity index (χ4v) is 3.53. The third kappa shape index (κ3) is 5.32. The maximum atomic E-state index is 13.0. The van der Waals surface area contributed by atoms with E-state index in [1.165, 1.54) is 5.01 Å². The molecule has 0 saturated carbocycles. The van der Waals surface area contributed by atoms with Crippen LogP contribution in [0.25, 0.3) is 0 Å². The number of hydrogen-bond donors (Lipinski definition) is 1. The van der Waals surface area contributed by atoms with Gasteiger partial charge in [0.15, 0.2) is 0 Å². The fourth-order valence-electron chi connectivity index (χ4n) is 3.53. The highest BCUT2D eigenvalue weighted by Gasteiger charge is 2.28. The van der Waals surface area contributed by atoms with Crippen LogP contribution in [0.4, 0.5) is 11.4 Å². The van der Waals surface area contributed by atoms with Crippen LogP contribution in [0.15, 0.2) is 41.3 Å². The summed E-state index contributed by atoms with van der Waals surface area (Å²) in [6, 6.07) is 7.14. The molecule has 1 aromatic carbocycles. The lowest BCUT2D eigenvalue weighted by Crippen LogP contribution is -2.45. The van der Waals surface area contributed by atoms with Crippen molar-refractivity contribution in [2.45, 2.75) is 25.7 Å². The molecule has 2 aliphatic heterocycles.